The van der Waals surface area contributed by atoms with Gasteiger partial charge in [-0.1, -0.05) is 41.4 Å². The van der Waals surface area contributed by atoms with Crippen molar-refractivity contribution in [1.29, 1.82) is 0 Å². The highest BCUT2D eigenvalue weighted by molar-refractivity contribution is 7.92. The Labute approximate surface area is 203 Å². The summed E-state index contributed by atoms with van der Waals surface area (Å²) in [5.41, 5.74) is 1.40. The first-order valence-corrected chi connectivity index (χ1v) is 11.9. The number of ether oxygens (including phenoxy) is 2. The van der Waals surface area contributed by atoms with Gasteiger partial charge in [-0.25, -0.2) is 13.2 Å². The quantitative estimate of drug-likeness (QED) is 0.461. The summed E-state index contributed by atoms with van der Waals surface area (Å²) in [7, 11) is -1.50. The average Bonchev–Trinajstić information content (AvgIpc) is 2.83. The lowest BCUT2D eigenvalue weighted by Crippen LogP contribution is -2.38. The molecule has 0 unspecified atom stereocenters. The van der Waals surface area contributed by atoms with E-state index in [4.69, 9.17) is 16.3 Å². The maximum atomic E-state index is 13.6. The van der Waals surface area contributed by atoms with Gasteiger partial charge in [-0.3, -0.25) is 9.10 Å². The van der Waals surface area contributed by atoms with Crippen LogP contribution in [0.3, 0.4) is 0 Å². The van der Waals surface area contributed by atoms with Crippen molar-refractivity contribution in [3.8, 4) is 5.75 Å². The zero-order valence-electron chi connectivity index (χ0n) is 18.7. The average molecular weight is 503 g/mol. The Morgan fingerprint density at radius 1 is 1.00 bits per heavy atom. The Morgan fingerprint density at radius 3 is 2.32 bits per heavy atom. The molecule has 0 aliphatic rings. The van der Waals surface area contributed by atoms with Gasteiger partial charge in [0.2, 0.25) is 5.91 Å². The number of aryl methyl sites for hydroxylation is 1. The van der Waals surface area contributed by atoms with Crippen molar-refractivity contribution < 1.29 is 27.5 Å². The van der Waals surface area contributed by atoms with Crippen molar-refractivity contribution in [1.82, 2.24) is 0 Å². The van der Waals surface area contributed by atoms with E-state index in [1.54, 1.807) is 36.4 Å². The third-order valence-electron chi connectivity index (χ3n) is 4.91. The van der Waals surface area contributed by atoms with Crippen molar-refractivity contribution in [2.24, 2.45) is 0 Å². The van der Waals surface area contributed by atoms with Crippen LogP contribution in [0.2, 0.25) is 5.02 Å². The van der Waals surface area contributed by atoms with Gasteiger partial charge in [0.25, 0.3) is 10.0 Å². The van der Waals surface area contributed by atoms with E-state index >= 15 is 0 Å². The van der Waals surface area contributed by atoms with Crippen LogP contribution < -0.4 is 14.4 Å². The van der Waals surface area contributed by atoms with Gasteiger partial charge in [0.05, 0.1) is 41.1 Å². The molecule has 10 heteroatoms. The fourth-order valence-corrected chi connectivity index (χ4v) is 4.76. The topological polar surface area (TPSA) is 102 Å². The molecule has 0 radical (unpaired) electrons. The Hall–Kier alpha value is -3.56. The van der Waals surface area contributed by atoms with Crippen LogP contribution in [-0.2, 0) is 19.6 Å². The molecule has 1 amide bonds. The number of amides is 1. The molecule has 3 aromatic rings. The van der Waals surface area contributed by atoms with Crippen LogP contribution in [0.5, 0.6) is 5.75 Å². The number of sulfonamides is 1. The fraction of sp³-hybridized carbons (Fsp3) is 0.167. The summed E-state index contributed by atoms with van der Waals surface area (Å²) in [6.07, 6.45) is 0. The first-order chi connectivity index (χ1) is 16.2. The largest absolute Gasteiger partial charge is 0.495 e. The number of anilines is 2. The highest BCUT2D eigenvalue weighted by atomic mass is 35.5. The fourth-order valence-electron chi connectivity index (χ4n) is 3.16. The molecule has 0 fully saturated rings. The summed E-state index contributed by atoms with van der Waals surface area (Å²) in [4.78, 5) is 24.8. The second-order valence-corrected chi connectivity index (χ2v) is 9.50. The summed E-state index contributed by atoms with van der Waals surface area (Å²) >= 11 is 6.17. The number of rotatable bonds is 8. The van der Waals surface area contributed by atoms with E-state index in [2.05, 4.69) is 10.1 Å². The molecule has 0 saturated heterocycles. The van der Waals surface area contributed by atoms with Crippen LogP contribution >= 0.6 is 11.6 Å². The zero-order chi connectivity index (χ0) is 24.9. The number of halogens is 1. The van der Waals surface area contributed by atoms with Crippen LogP contribution in [0, 0.1) is 6.92 Å². The molecule has 0 bridgehead atoms. The van der Waals surface area contributed by atoms with Crippen LogP contribution in [-0.4, -0.2) is 41.1 Å². The summed E-state index contributed by atoms with van der Waals surface area (Å²) in [5, 5.41) is 2.75. The summed E-state index contributed by atoms with van der Waals surface area (Å²) < 4.78 is 38.1. The van der Waals surface area contributed by atoms with E-state index in [-0.39, 0.29) is 32.6 Å². The second-order valence-electron chi connectivity index (χ2n) is 7.23. The van der Waals surface area contributed by atoms with E-state index in [0.717, 1.165) is 9.87 Å². The number of carbonyl (C=O) groups excluding carboxylic acids is 2. The smallest absolute Gasteiger partial charge is 0.337 e. The maximum absolute atomic E-state index is 13.6. The molecule has 0 saturated carbocycles. The van der Waals surface area contributed by atoms with Gasteiger partial charge in [-0.15, -0.1) is 0 Å². The van der Waals surface area contributed by atoms with Crippen molar-refractivity contribution >= 4 is 44.9 Å². The van der Waals surface area contributed by atoms with Gasteiger partial charge in [0.1, 0.15) is 12.3 Å². The van der Waals surface area contributed by atoms with Crippen LogP contribution in [0.25, 0.3) is 0 Å². The molecule has 3 aromatic carbocycles. The van der Waals surface area contributed by atoms with Gasteiger partial charge < -0.3 is 14.8 Å². The lowest BCUT2D eigenvalue weighted by atomic mass is 10.2. The predicted molar refractivity (Wildman–Crippen MR) is 130 cm³/mol. The van der Waals surface area contributed by atoms with E-state index in [0.29, 0.717) is 0 Å². The second kappa shape index (κ2) is 10.6. The number of carbonyl (C=O) groups is 2. The summed E-state index contributed by atoms with van der Waals surface area (Å²) in [6.45, 7) is 1.27. The van der Waals surface area contributed by atoms with Crippen molar-refractivity contribution in [3.63, 3.8) is 0 Å². The third-order valence-corrected chi connectivity index (χ3v) is 7.02. The molecule has 0 heterocycles. The standard InChI is InChI=1S/C24H23ClN2O6S/c1-16-8-11-18(12-9-16)34(30,31)27(21-6-4-5-7-22(21)32-2)15-23(28)26-20-14-17(24(29)33-3)10-13-19(20)25/h4-14H,15H2,1-3H3,(H,26,28). The molecular weight excluding hydrogens is 480 g/mol. The molecule has 0 aliphatic carbocycles. The number of para-hydroxylation sites is 2. The summed E-state index contributed by atoms with van der Waals surface area (Å²) in [6, 6.07) is 17.0. The molecule has 8 nitrogen and oxygen atoms in total. The minimum Gasteiger partial charge on any atom is -0.495 e. The maximum Gasteiger partial charge on any atom is 0.337 e. The minimum absolute atomic E-state index is 0.0162. The van der Waals surface area contributed by atoms with Gasteiger partial charge >= 0.3 is 5.97 Å². The Bertz CT molecular complexity index is 1310. The molecule has 3 rings (SSSR count). The van der Waals surface area contributed by atoms with E-state index in [1.165, 1.54) is 44.6 Å². The lowest BCUT2D eigenvalue weighted by molar-refractivity contribution is -0.114. The Kier molecular flexibility index (Phi) is 7.80. The minimum atomic E-state index is -4.14. The Balaban J connectivity index is 1.99. The third kappa shape index (κ3) is 5.49. The SMILES string of the molecule is COC(=O)c1ccc(Cl)c(NC(=O)CN(c2ccccc2OC)S(=O)(=O)c2ccc(C)cc2)c1. The van der Waals surface area contributed by atoms with Crippen molar-refractivity contribution in [3.05, 3.63) is 82.9 Å². The van der Waals surface area contributed by atoms with Crippen molar-refractivity contribution in [2.75, 3.05) is 30.4 Å². The molecule has 0 atom stereocenters. The van der Waals surface area contributed by atoms with E-state index in [9.17, 15) is 18.0 Å². The van der Waals surface area contributed by atoms with Gasteiger partial charge in [-0.2, -0.15) is 0 Å². The molecule has 0 spiro atoms. The molecule has 1 N–H and O–H groups in total. The number of nitrogens with zero attached hydrogens (tertiary/aromatic N) is 1. The number of hydrogen-bond acceptors (Lipinski definition) is 6. The number of hydrogen-bond donors (Lipinski definition) is 1. The number of benzene rings is 3. The van der Waals surface area contributed by atoms with Gasteiger partial charge in [0, 0.05) is 0 Å². The number of nitrogens with one attached hydrogen (secondary N) is 1. The monoisotopic (exact) mass is 502 g/mol. The van der Waals surface area contributed by atoms with Crippen molar-refractivity contribution in [2.45, 2.75) is 11.8 Å². The first kappa shape index (κ1) is 25.1. The van der Waals surface area contributed by atoms with Gasteiger partial charge in [-0.05, 0) is 49.4 Å². The van der Waals surface area contributed by atoms with E-state index < -0.39 is 28.4 Å². The number of esters is 1. The molecular formula is C24H23ClN2O6S. The molecule has 178 valence electrons. The highest BCUT2D eigenvalue weighted by Gasteiger charge is 2.29. The highest BCUT2D eigenvalue weighted by Crippen LogP contribution is 2.32. The Morgan fingerprint density at radius 2 is 1.68 bits per heavy atom. The molecule has 0 aromatic heterocycles. The van der Waals surface area contributed by atoms with Gasteiger partial charge in [0.15, 0.2) is 0 Å². The van der Waals surface area contributed by atoms with Crippen LogP contribution in [0.4, 0.5) is 11.4 Å². The first-order valence-electron chi connectivity index (χ1n) is 10.1. The molecule has 0 aliphatic heterocycles. The summed E-state index contributed by atoms with van der Waals surface area (Å²) in [5.74, 6) is -1.01. The number of methoxy groups -OCH3 is 2. The predicted octanol–water partition coefficient (Wildman–Crippen LogP) is 4.28. The normalized spacial score (nSPS) is 10.9. The van der Waals surface area contributed by atoms with E-state index in [1.807, 2.05) is 6.92 Å². The van der Waals surface area contributed by atoms with Crippen LogP contribution in [0.1, 0.15) is 15.9 Å². The zero-order valence-corrected chi connectivity index (χ0v) is 20.3. The molecule has 34 heavy (non-hydrogen) atoms. The lowest BCUT2D eigenvalue weighted by Gasteiger charge is -2.25. The van der Waals surface area contributed by atoms with Crippen LogP contribution in [0.15, 0.2) is 71.6 Å².